The predicted octanol–water partition coefficient (Wildman–Crippen LogP) is 3.27. The topological polar surface area (TPSA) is 84.5 Å². The minimum Gasteiger partial charge on any atom is -0.497 e. The molecule has 0 fully saturated rings. The summed E-state index contributed by atoms with van der Waals surface area (Å²) in [4.78, 5) is 12.9. The van der Waals surface area contributed by atoms with E-state index in [1.807, 2.05) is 60.7 Å². The van der Waals surface area contributed by atoms with E-state index in [-0.39, 0.29) is 4.90 Å². The molecule has 3 aromatic carbocycles. The van der Waals surface area contributed by atoms with Gasteiger partial charge in [-0.2, -0.15) is 4.72 Å². The van der Waals surface area contributed by atoms with Gasteiger partial charge in [-0.05, 0) is 42.3 Å². The molecule has 1 atom stereocenters. The maximum Gasteiger partial charge on any atom is 0.241 e. The molecule has 7 heteroatoms. The van der Waals surface area contributed by atoms with Crippen molar-refractivity contribution in [2.75, 3.05) is 7.11 Å². The van der Waals surface area contributed by atoms with Crippen LogP contribution in [0.4, 0.5) is 0 Å². The van der Waals surface area contributed by atoms with Crippen LogP contribution in [0.15, 0.2) is 89.8 Å². The molecular formula is C23H24N2O4S. The van der Waals surface area contributed by atoms with E-state index in [9.17, 15) is 13.2 Å². The van der Waals surface area contributed by atoms with Crippen molar-refractivity contribution in [3.8, 4) is 5.75 Å². The first-order valence-corrected chi connectivity index (χ1v) is 11.0. The molecule has 3 rings (SSSR count). The van der Waals surface area contributed by atoms with Crippen molar-refractivity contribution in [1.82, 2.24) is 10.0 Å². The van der Waals surface area contributed by atoms with E-state index >= 15 is 0 Å². The molecule has 0 aliphatic rings. The number of benzene rings is 3. The Bertz CT molecular complexity index is 1030. The number of nitrogens with one attached hydrogen (secondary N) is 2. The van der Waals surface area contributed by atoms with Crippen molar-refractivity contribution < 1.29 is 17.9 Å². The Morgan fingerprint density at radius 2 is 1.33 bits per heavy atom. The highest BCUT2D eigenvalue weighted by molar-refractivity contribution is 7.89. The number of ether oxygens (including phenoxy) is 1. The van der Waals surface area contributed by atoms with Gasteiger partial charge < -0.3 is 10.1 Å². The van der Waals surface area contributed by atoms with Gasteiger partial charge in [-0.3, -0.25) is 4.79 Å². The Morgan fingerprint density at radius 1 is 0.833 bits per heavy atom. The van der Waals surface area contributed by atoms with Gasteiger partial charge in [-0.25, -0.2) is 8.42 Å². The normalized spacial score (nSPS) is 12.4. The van der Waals surface area contributed by atoms with Crippen LogP contribution < -0.4 is 14.8 Å². The van der Waals surface area contributed by atoms with E-state index in [1.165, 1.54) is 26.2 Å². The van der Waals surface area contributed by atoms with Gasteiger partial charge in [0.05, 0.1) is 24.1 Å². The van der Waals surface area contributed by atoms with Crippen LogP contribution in [0.3, 0.4) is 0 Å². The molecule has 0 bridgehead atoms. The summed E-state index contributed by atoms with van der Waals surface area (Å²) in [6, 6.07) is 23.7. The van der Waals surface area contributed by atoms with Crippen molar-refractivity contribution in [2.45, 2.75) is 23.9 Å². The highest BCUT2D eigenvalue weighted by Gasteiger charge is 2.25. The van der Waals surface area contributed by atoms with Crippen LogP contribution in [0.2, 0.25) is 0 Å². The molecule has 0 spiro atoms. The Hall–Kier alpha value is -3.16. The minimum atomic E-state index is -3.86. The van der Waals surface area contributed by atoms with Crippen LogP contribution >= 0.6 is 0 Å². The van der Waals surface area contributed by atoms with Gasteiger partial charge in [-0.15, -0.1) is 0 Å². The number of rotatable bonds is 8. The standard InChI is InChI=1S/C23H24N2O4S/c1-17(25-30(27,28)21-15-13-20(29-2)14-16-21)23(26)24-22(18-9-5-3-6-10-18)19-11-7-4-8-12-19/h3-17,22,25H,1-2H3,(H,24,26)/t17-/m0/s1. The van der Waals surface area contributed by atoms with Gasteiger partial charge in [-0.1, -0.05) is 60.7 Å². The fourth-order valence-corrected chi connectivity index (χ4v) is 4.23. The molecular weight excluding hydrogens is 400 g/mol. The lowest BCUT2D eigenvalue weighted by Gasteiger charge is -2.22. The second-order valence-electron chi connectivity index (χ2n) is 6.78. The fourth-order valence-electron chi connectivity index (χ4n) is 3.03. The van der Waals surface area contributed by atoms with Gasteiger partial charge in [0.2, 0.25) is 15.9 Å². The summed E-state index contributed by atoms with van der Waals surface area (Å²) < 4.78 is 32.8. The lowest BCUT2D eigenvalue weighted by molar-refractivity contribution is -0.122. The molecule has 1 amide bonds. The molecule has 0 aliphatic heterocycles. The first kappa shape index (κ1) is 21.5. The number of hydrogen-bond acceptors (Lipinski definition) is 4. The second-order valence-corrected chi connectivity index (χ2v) is 8.50. The average molecular weight is 425 g/mol. The zero-order chi connectivity index (χ0) is 21.6. The van der Waals surface area contributed by atoms with Gasteiger partial charge >= 0.3 is 0 Å². The molecule has 0 radical (unpaired) electrons. The van der Waals surface area contributed by atoms with Crippen LogP contribution in [0.5, 0.6) is 5.75 Å². The van der Waals surface area contributed by atoms with E-state index in [2.05, 4.69) is 10.0 Å². The van der Waals surface area contributed by atoms with Gasteiger partial charge in [0, 0.05) is 0 Å². The van der Waals surface area contributed by atoms with Crippen LogP contribution in [-0.2, 0) is 14.8 Å². The first-order chi connectivity index (χ1) is 14.4. The van der Waals surface area contributed by atoms with E-state index < -0.39 is 28.0 Å². The molecule has 0 saturated carbocycles. The molecule has 0 aliphatic carbocycles. The minimum absolute atomic E-state index is 0.0608. The summed E-state index contributed by atoms with van der Waals surface area (Å²) in [5, 5.41) is 2.96. The fraction of sp³-hybridized carbons (Fsp3) is 0.174. The average Bonchev–Trinajstić information content (AvgIpc) is 2.78. The predicted molar refractivity (Wildman–Crippen MR) is 116 cm³/mol. The summed E-state index contributed by atoms with van der Waals surface area (Å²) in [7, 11) is -2.36. The summed E-state index contributed by atoms with van der Waals surface area (Å²) in [5.74, 6) is 0.123. The van der Waals surface area contributed by atoms with Gasteiger partial charge in [0.1, 0.15) is 5.75 Å². The van der Waals surface area contributed by atoms with Crippen LogP contribution in [0.1, 0.15) is 24.1 Å². The SMILES string of the molecule is COc1ccc(S(=O)(=O)N[C@@H](C)C(=O)NC(c2ccccc2)c2ccccc2)cc1. The number of carbonyl (C=O) groups excluding carboxylic acids is 1. The van der Waals surface area contributed by atoms with Crippen molar-refractivity contribution in [3.63, 3.8) is 0 Å². The Labute approximate surface area is 177 Å². The molecule has 0 unspecified atom stereocenters. The summed E-state index contributed by atoms with van der Waals surface area (Å²) >= 11 is 0. The second kappa shape index (κ2) is 9.56. The Balaban J connectivity index is 1.76. The van der Waals surface area contributed by atoms with E-state index in [0.29, 0.717) is 5.75 Å². The summed E-state index contributed by atoms with van der Waals surface area (Å²) in [5.41, 5.74) is 1.81. The smallest absolute Gasteiger partial charge is 0.241 e. The number of carbonyl (C=O) groups is 1. The van der Waals surface area contributed by atoms with Crippen molar-refractivity contribution in [1.29, 1.82) is 0 Å². The lowest BCUT2D eigenvalue weighted by Crippen LogP contribution is -2.46. The number of methoxy groups -OCH3 is 1. The van der Waals surface area contributed by atoms with Crippen LogP contribution in [0, 0.1) is 0 Å². The maximum atomic E-state index is 12.9. The number of sulfonamides is 1. The molecule has 156 valence electrons. The third-order valence-corrected chi connectivity index (χ3v) is 6.20. The van der Waals surface area contributed by atoms with E-state index in [4.69, 9.17) is 4.74 Å². The highest BCUT2D eigenvalue weighted by Crippen LogP contribution is 2.22. The maximum absolute atomic E-state index is 12.9. The molecule has 30 heavy (non-hydrogen) atoms. The van der Waals surface area contributed by atoms with Gasteiger partial charge in [0.25, 0.3) is 0 Å². The molecule has 2 N–H and O–H groups in total. The zero-order valence-electron chi connectivity index (χ0n) is 16.8. The van der Waals surface area contributed by atoms with Crippen molar-refractivity contribution >= 4 is 15.9 Å². The quantitative estimate of drug-likeness (QED) is 0.581. The van der Waals surface area contributed by atoms with Gasteiger partial charge in [0.15, 0.2) is 0 Å². The molecule has 0 saturated heterocycles. The van der Waals surface area contributed by atoms with Crippen LogP contribution in [0.25, 0.3) is 0 Å². The van der Waals surface area contributed by atoms with Crippen LogP contribution in [-0.4, -0.2) is 27.5 Å². The van der Waals surface area contributed by atoms with Crippen molar-refractivity contribution in [2.24, 2.45) is 0 Å². The van der Waals surface area contributed by atoms with E-state index in [1.54, 1.807) is 12.1 Å². The lowest BCUT2D eigenvalue weighted by atomic mass is 9.98. The summed E-state index contributed by atoms with van der Waals surface area (Å²) in [6.45, 7) is 1.52. The molecule has 0 aromatic heterocycles. The summed E-state index contributed by atoms with van der Waals surface area (Å²) in [6.07, 6.45) is 0. The third-order valence-electron chi connectivity index (χ3n) is 4.65. The zero-order valence-corrected chi connectivity index (χ0v) is 17.6. The Kier molecular flexibility index (Phi) is 6.87. The molecule has 3 aromatic rings. The Morgan fingerprint density at radius 3 is 1.80 bits per heavy atom. The molecule has 6 nitrogen and oxygen atoms in total. The first-order valence-electron chi connectivity index (χ1n) is 9.47. The largest absolute Gasteiger partial charge is 0.497 e. The van der Waals surface area contributed by atoms with Crippen molar-refractivity contribution in [3.05, 3.63) is 96.1 Å². The number of hydrogen-bond donors (Lipinski definition) is 2. The molecule has 0 heterocycles. The third kappa shape index (κ3) is 5.25. The van der Waals surface area contributed by atoms with E-state index in [0.717, 1.165) is 11.1 Å². The monoisotopic (exact) mass is 424 g/mol. The number of amides is 1. The highest BCUT2D eigenvalue weighted by atomic mass is 32.2.